The van der Waals surface area contributed by atoms with Crippen LogP contribution in [0, 0.1) is 13.8 Å². The molecule has 1 aromatic heterocycles. The van der Waals surface area contributed by atoms with Gasteiger partial charge in [0.15, 0.2) is 6.73 Å². The van der Waals surface area contributed by atoms with Crippen molar-refractivity contribution < 1.29 is 9.53 Å². The highest BCUT2D eigenvalue weighted by Gasteiger charge is 2.06. The Morgan fingerprint density at radius 2 is 1.92 bits per heavy atom. The number of fused-ring (bicyclic) bond motifs is 1. The second kappa shape index (κ2) is 7.00. The third kappa shape index (κ3) is 3.63. The molecule has 3 rings (SSSR count). The summed E-state index contributed by atoms with van der Waals surface area (Å²) < 4.78 is 5.55. The first-order valence-electron chi connectivity index (χ1n) is 7.72. The lowest BCUT2D eigenvalue weighted by atomic mass is 10.1. The third-order valence-electron chi connectivity index (χ3n) is 3.83. The summed E-state index contributed by atoms with van der Waals surface area (Å²) in [6.45, 7) is 4.16. The third-order valence-corrected chi connectivity index (χ3v) is 3.83. The van der Waals surface area contributed by atoms with Gasteiger partial charge in [0.2, 0.25) is 0 Å². The number of pyridine rings is 1. The minimum absolute atomic E-state index is 0.0898. The Balaban J connectivity index is 1.58. The molecule has 0 fully saturated rings. The molecule has 122 valence electrons. The molecule has 2 aromatic carbocycles. The summed E-state index contributed by atoms with van der Waals surface area (Å²) in [7, 11) is 0. The number of carbonyl (C=O) groups is 1. The van der Waals surface area contributed by atoms with Gasteiger partial charge in [0.25, 0.3) is 0 Å². The van der Waals surface area contributed by atoms with Gasteiger partial charge in [-0.05, 0) is 49.2 Å². The van der Waals surface area contributed by atoms with Crippen LogP contribution in [0.5, 0.6) is 5.75 Å². The number of aromatic nitrogens is 1. The van der Waals surface area contributed by atoms with Crippen molar-refractivity contribution in [2.24, 2.45) is 0 Å². The summed E-state index contributed by atoms with van der Waals surface area (Å²) in [5, 5.41) is 6.45. The molecule has 0 spiro atoms. The van der Waals surface area contributed by atoms with Crippen LogP contribution in [0.4, 0.5) is 10.5 Å². The molecule has 1 heterocycles. The Morgan fingerprint density at radius 3 is 2.75 bits per heavy atom. The summed E-state index contributed by atoms with van der Waals surface area (Å²) in [6.07, 6.45) is 1.70. The Labute approximate surface area is 140 Å². The number of anilines is 1. The van der Waals surface area contributed by atoms with Crippen LogP contribution in [0.3, 0.4) is 0 Å². The van der Waals surface area contributed by atoms with Crippen molar-refractivity contribution in [3.05, 3.63) is 65.9 Å². The first-order chi connectivity index (χ1) is 11.6. The van der Waals surface area contributed by atoms with Gasteiger partial charge in [-0.1, -0.05) is 24.3 Å². The molecule has 2 N–H and O–H groups in total. The molecule has 0 saturated heterocycles. The largest absolute Gasteiger partial charge is 0.473 e. The molecule has 0 aliphatic rings. The van der Waals surface area contributed by atoms with Gasteiger partial charge in [0.1, 0.15) is 5.75 Å². The highest BCUT2D eigenvalue weighted by atomic mass is 16.5. The predicted octanol–water partition coefficient (Wildman–Crippen LogP) is 4.01. The van der Waals surface area contributed by atoms with E-state index in [9.17, 15) is 4.79 Å². The molecule has 24 heavy (non-hydrogen) atoms. The number of hydrogen-bond donors (Lipinski definition) is 2. The SMILES string of the molecule is Cc1ccc(OCNC(=O)Nc2cccc3cccnc23)cc1C. The number of carbonyl (C=O) groups excluding carboxylic acids is 1. The molecule has 0 atom stereocenters. The van der Waals surface area contributed by atoms with Gasteiger partial charge in [0.05, 0.1) is 11.2 Å². The molecule has 0 unspecified atom stereocenters. The standard InChI is InChI=1S/C19H19N3O2/c1-13-8-9-16(11-14(13)2)24-12-21-19(23)22-17-7-3-5-15-6-4-10-20-18(15)17/h3-11H,12H2,1-2H3,(H2,21,22,23). The zero-order chi connectivity index (χ0) is 16.9. The van der Waals surface area contributed by atoms with Crippen LogP contribution in [-0.2, 0) is 0 Å². The Morgan fingerprint density at radius 1 is 1.08 bits per heavy atom. The lowest BCUT2D eigenvalue weighted by Gasteiger charge is -2.11. The van der Waals surface area contributed by atoms with Crippen molar-refractivity contribution in [1.29, 1.82) is 0 Å². The van der Waals surface area contributed by atoms with Gasteiger partial charge in [-0.25, -0.2) is 4.79 Å². The minimum Gasteiger partial charge on any atom is -0.473 e. The number of aryl methyl sites for hydroxylation is 2. The average molecular weight is 321 g/mol. The number of para-hydroxylation sites is 1. The van der Waals surface area contributed by atoms with E-state index in [1.165, 1.54) is 5.56 Å². The lowest BCUT2D eigenvalue weighted by molar-refractivity contribution is 0.234. The first-order valence-corrected chi connectivity index (χ1v) is 7.72. The Hall–Kier alpha value is -3.08. The maximum Gasteiger partial charge on any atom is 0.321 e. The van der Waals surface area contributed by atoms with E-state index in [0.717, 1.165) is 22.2 Å². The molecular formula is C19H19N3O2. The maximum absolute atomic E-state index is 12.0. The summed E-state index contributed by atoms with van der Waals surface area (Å²) in [5.41, 5.74) is 3.78. The Bertz CT molecular complexity index is 872. The van der Waals surface area contributed by atoms with Gasteiger partial charge < -0.3 is 15.4 Å². The van der Waals surface area contributed by atoms with Gasteiger partial charge in [0, 0.05) is 11.6 Å². The van der Waals surface area contributed by atoms with E-state index in [4.69, 9.17) is 4.74 Å². The molecule has 0 aliphatic heterocycles. The predicted molar refractivity (Wildman–Crippen MR) is 95.3 cm³/mol. The Kier molecular flexibility index (Phi) is 4.61. The van der Waals surface area contributed by atoms with Crippen molar-refractivity contribution in [2.45, 2.75) is 13.8 Å². The first kappa shape index (κ1) is 15.8. The van der Waals surface area contributed by atoms with E-state index in [1.807, 2.05) is 62.4 Å². The van der Waals surface area contributed by atoms with Crippen LogP contribution in [-0.4, -0.2) is 17.7 Å². The van der Waals surface area contributed by atoms with Crippen molar-refractivity contribution in [2.75, 3.05) is 12.0 Å². The van der Waals surface area contributed by atoms with Crippen molar-refractivity contribution >= 4 is 22.6 Å². The number of hydrogen-bond acceptors (Lipinski definition) is 3. The number of rotatable bonds is 4. The van der Waals surface area contributed by atoms with Crippen molar-refractivity contribution in [1.82, 2.24) is 10.3 Å². The zero-order valence-corrected chi connectivity index (χ0v) is 13.7. The molecule has 3 aromatic rings. The van der Waals surface area contributed by atoms with Crippen molar-refractivity contribution in [3.63, 3.8) is 0 Å². The second-order valence-electron chi connectivity index (χ2n) is 5.55. The topological polar surface area (TPSA) is 63.2 Å². The van der Waals surface area contributed by atoms with E-state index in [2.05, 4.69) is 15.6 Å². The number of nitrogens with zero attached hydrogens (tertiary/aromatic N) is 1. The van der Waals surface area contributed by atoms with E-state index >= 15 is 0 Å². The monoisotopic (exact) mass is 321 g/mol. The summed E-state index contributed by atoms with van der Waals surface area (Å²) in [6, 6.07) is 15.0. The highest BCUT2D eigenvalue weighted by molar-refractivity contribution is 5.99. The number of amides is 2. The lowest BCUT2D eigenvalue weighted by Crippen LogP contribution is -2.32. The number of benzene rings is 2. The molecule has 0 bridgehead atoms. The summed E-state index contributed by atoms with van der Waals surface area (Å²) in [4.78, 5) is 16.3. The van der Waals surface area contributed by atoms with E-state index in [1.54, 1.807) is 6.20 Å². The minimum atomic E-state index is -0.336. The number of urea groups is 1. The quantitative estimate of drug-likeness (QED) is 0.714. The van der Waals surface area contributed by atoms with Crippen LogP contribution in [0.25, 0.3) is 10.9 Å². The smallest absolute Gasteiger partial charge is 0.321 e. The molecule has 5 heteroatoms. The summed E-state index contributed by atoms with van der Waals surface area (Å²) in [5.74, 6) is 0.727. The van der Waals surface area contributed by atoms with Gasteiger partial charge >= 0.3 is 6.03 Å². The van der Waals surface area contributed by atoms with Crippen LogP contribution in [0.15, 0.2) is 54.7 Å². The molecular weight excluding hydrogens is 302 g/mol. The van der Waals surface area contributed by atoms with Gasteiger partial charge in [-0.3, -0.25) is 4.98 Å². The van der Waals surface area contributed by atoms with Crippen LogP contribution in [0.1, 0.15) is 11.1 Å². The van der Waals surface area contributed by atoms with Crippen LogP contribution < -0.4 is 15.4 Å². The molecule has 0 aliphatic carbocycles. The summed E-state index contributed by atoms with van der Waals surface area (Å²) >= 11 is 0. The molecule has 2 amide bonds. The highest BCUT2D eigenvalue weighted by Crippen LogP contribution is 2.20. The van der Waals surface area contributed by atoms with Gasteiger partial charge in [-0.15, -0.1) is 0 Å². The average Bonchev–Trinajstić information content (AvgIpc) is 2.58. The number of ether oxygens (including phenoxy) is 1. The zero-order valence-electron chi connectivity index (χ0n) is 13.7. The fourth-order valence-electron chi connectivity index (χ4n) is 2.36. The fourth-order valence-corrected chi connectivity index (χ4v) is 2.36. The number of nitrogens with one attached hydrogen (secondary N) is 2. The van der Waals surface area contributed by atoms with Crippen molar-refractivity contribution in [3.8, 4) is 5.75 Å². The second-order valence-corrected chi connectivity index (χ2v) is 5.55. The van der Waals surface area contributed by atoms with E-state index < -0.39 is 0 Å². The molecule has 5 nitrogen and oxygen atoms in total. The van der Waals surface area contributed by atoms with Crippen LogP contribution in [0.2, 0.25) is 0 Å². The molecule has 0 radical (unpaired) electrons. The maximum atomic E-state index is 12.0. The molecule has 0 saturated carbocycles. The van der Waals surface area contributed by atoms with E-state index in [0.29, 0.717) is 5.69 Å². The fraction of sp³-hybridized carbons (Fsp3) is 0.158. The van der Waals surface area contributed by atoms with E-state index in [-0.39, 0.29) is 12.8 Å². The van der Waals surface area contributed by atoms with Crippen LogP contribution >= 0.6 is 0 Å². The normalized spacial score (nSPS) is 10.4. The van der Waals surface area contributed by atoms with Gasteiger partial charge in [-0.2, -0.15) is 0 Å².